The topological polar surface area (TPSA) is 98.0 Å². The first-order valence-electron chi connectivity index (χ1n) is 5.65. The second-order valence-electron chi connectivity index (χ2n) is 3.99. The molecule has 100 valence electrons. The van der Waals surface area contributed by atoms with Crippen LogP contribution in [0.2, 0.25) is 0 Å². The Balaban J connectivity index is 2.12. The zero-order chi connectivity index (χ0) is 13.7. The third kappa shape index (κ3) is 4.01. The van der Waals surface area contributed by atoms with Crippen LogP contribution in [0.5, 0.6) is 0 Å². The number of benzene rings is 1. The molecule has 2 rings (SSSR count). The van der Waals surface area contributed by atoms with Gasteiger partial charge in [-0.3, -0.25) is 4.72 Å². The minimum atomic E-state index is -3.51. The summed E-state index contributed by atoms with van der Waals surface area (Å²) in [5.41, 5.74) is 7.10. The third-order valence-electron chi connectivity index (χ3n) is 2.42. The summed E-state index contributed by atoms with van der Waals surface area (Å²) in [5.74, 6) is 0.0784. The lowest BCUT2D eigenvalue weighted by molar-refractivity contribution is 0.600. The Bertz CT molecular complexity index is 644. The quantitative estimate of drug-likeness (QED) is 0.846. The fraction of sp³-hybridized carbons (Fsp3) is 0.167. The zero-order valence-electron chi connectivity index (χ0n) is 10.2. The Hall–Kier alpha value is -1.99. The van der Waals surface area contributed by atoms with Crippen molar-refractivity contribution in [3.63, 3.8) is 0 Å². The van der Waals surface area contributed by atoms with Gasteiger partial charge in [-0.25, -0.2) is 8.42 Å². The summed E-state index contributed by atoms with van der Waals surface area (Å²) in [6.45, 7) is 0.380. The molecule has 0 saturated carbocycles. The molecule has 6 nitrogen and oxygen atoms in total. The lowest BCUT2D eigenvalue weighted by Crippen LogP contribution is -2.16. The van der Waals surface area contributed by atoms with E-state index in [2.05, 4.69) is 14.9 Å². The van der Waals surface area contributed by atoms with Crippen LogP contribution < -0.4 is 10.5 Å². The predicted octanol–water partition coefficient (Wildman–Crippen LogP) is 0.877. The standard InChI is InChI=1S/C12H14N4O2S/c13-8-10-3-1-4-11(7-10)9-19(17,18)16-12-5-2-6-14-15-12/h1-7H,8-9,13H2,(H,15,16). The van der Waals surface area contributed by atoms with E-state index in [0.717, 1.165) is 5.56 Å². The van der Waals surface area contributed by atoms with Crippen molar-refractivity contribution < 1.29 is 8.42 Å². The molecule has 1 heterocycles. The van der Waals surface area contributed by atoms with Crippen LogP contribution in [-0.4, -0.2) is 18.6 Å². The van der Waals surface area contributed by atoms with Crippen LogP contribution >= 0.6 is 0 Å². The Kier molecular flexibility index (Phi) is 4.08. The molecule has 0 aliphatic rings. The van der Waals surface area contributed by atoms with Gasteiger partial charge >= 0.3 is 0 Å². The molecule has 0 fully saturated rings. The van der Waals surface area contributed by atoms with E-state index in [1.807, 2.05) is 6.07 Å². The number of anilines is 1. The van der Waals surface area contributed by atoms with Crippen molar-refractivity contribution in [3.05, 3.63) is 53.7 Å². The molecular formula is C12H14N4O2S. The van der Waals surface area contributed by atoms with Crippen LogP contribution in [-0.2, 0) is 22.3 Å². The molecule has 0 amide bonds. The highest BCUT2D eigenvalue weighted by atomic mass is 32.2. The van der Waals surface area contributed by atoms with Gasteiger partial charge < -0.3 is 5.73 Å². The number of nitrogens with two attached hydrogens (primary N) is 1. The van der Waals surface area contributed by atoms with Crippen molar-refractivity contribution in [1.82, 2.24) is 10.2 Å². The summed E-state index contributed by atoms with van der Waals surface area (Å²) in [7, 11) is -3.51. The summed E-state index contributed by atoms with van der Waals surface area (Å²) in [5, 5.41) is 7.29. The molecule has 1 aromatic carbocycles. The van der Waals surface area contributed by atoms with Crippen LogP contribution in [0.4, 0.5) is 5.82 Å². The molecule has 0 spiro atoms. The molecule has 0 radical (unpaired) electrons. The van der Waals surface area contributed by atoms with E-state index in [9.17, 15) is 8.42 Å². The van der Waals surface area contributed by atoms with Crippen molar-refractivity contribution in [2.24, 2.45) is 5.73 Å². The summed E-state index contributed by atoms with van der Waals surface area (Å²) in [6.07, 6.45) is 1.47. The zero-order valence-corrected chi connectivity index (χ0v) is 11.0. The van der Waals surface area contributed by atoms with Crippen LogP contribution in [0, 0.1) is 0 Å². The molecule has 2 aromatic rings. The van der Waals surface area contributed by atoms with Crippen LogP contribution in [0.25, 0.3) is 0 Å². The predicted molar refractivity (Wildman–Crippen MR) is 72.6 cm³/mol. The monoisotopic (exact) mass is 278 g/mol. The van der Waals surface area contributed by atoms with Crippen molar-refractivity contribution in [2.75, 3.05) is 4.72 Å². The summed E-state index contributed by atoms with van der Waals surface area (Å²) in [6, 6.07) is 10.3. The molecule has 19 heavy (non-hydrogen) atoms. The average molecular weight is 278 g/mol. The Morgan fingerprint density at radius 1 is 1.16 bits per heavy atom. The van der Waals surface area contributed by atoms with Crippen LogP contribution in [0.15, 0.2) is 42.6 Å². The molecule has 7 heteroatoms. The lowest BCUT2D eigenvalue weighted by atomic mass is 10.1. The van der Waals surface area contributed by atoms with Crippen LogP contribution in [0.3, 0.4) is 0 Å². The van der Waals surface area contributed by atoms with E-state index in [1.165, 1.54) is 6.20 Å². The molecular weight excluding hydrogens is 264 g/mol. The number of hydrogen-bond acceptors (Lipinski definition) is 5. The maximum Gasteiger partial charge on any atom is 0.238 e. The van der Waals surface area contributed by atoms with E-state index >= 15 is 0 Å². The van der Waals surface area contributed by atoms with Crippen molar-refractivity contribution in [3.8, 4) is 0 Å². The fourth-order valence-corrected chi connectivity index (χ4v) is 2.74. The highest BCUT2D eigenvalue weighted by Gasteiger charge is 2.12. The van der Waals surface area contributed by atoms with Gasteiger partial charge in [0.25, 0.3) is 0 Å². The Morgan fingerprint density at radius 3 is 2.63 bits per heavy atom. The van der Waals surface area contributed by atoms with Crippen molar-refractivity contribution in [1.29, 1.82) is 0 Å². The van der Waals surface area contributed by atoms with Gasteiger partial charge in [-0.1, -0.05) is 24.3 Å². The van der Waals surface area contributed by atoms with E-state index in [1.54, 1.807) is 30.3 Å². The van der Waals surface area contributed by atoms with Gasteiger partial charge in [0.2, 0.25) is 10.0 Å². The van der Waals surface area contributed by atoms with Crippen molar-refractivity contribution >= 4 is 15.8 Å². The number of aromatic nitrogens is 2. The number of nitrogens with zero attached hydrogens (tertiary/aromatic N) is 2. The minimum Gasteiger partial charge on any atom is -0.326 e. The number of hydrogen-bond donors (Lipinski definition) is 2. The van der Waals surface area contributed by atoms with Gasteiger partial charge in [-0.05, 0) is 23.3 Å². The number of nitrogens with one attached hydrogen (secondary N) is 1. The van der Waals surface area contributed by atoms with E-state index in [-0.39, 0.29) is 11.6 Å². The highest BCUT2D eigenvalue weighted by Crippen LogP contribution is 2.11. The largest absolute Gasteiger partial charge is 0.326 e. The Labute approximate surface area is 111 Å². The fourth-order valence-electron chi connectivity index (χ4n) is 1.62. The Morgan fingerprint density at radius 2 is 1.95 bits per heavy atom. The molecule has 1 aromatic heterocycles. The summed E-state index contributed by atoms with van der Waals surface area (Å²) < 4.78 is 26.3. The second kappa shape index (κ2) is 5.77. The van der Waals surface area contributed by atoms with Gasteiger partial charge in [0.05, 0.1) is 5.75 Å². The van der Waals surface area contributed by atoms with E-state index in [0.29, 0.717) is 12.1 Å². The normalized spacial score (nSPS) is 11.2. The molecule has 0 atom stereocenters. The van der Waals surface area contributed by atoms with Gasteiger partial charge in [0.15, 0.2) is 5.82 Å². The maximum atomic E-state index is 12.0. The SMILES string of the molecule is NCc1cccc(CS(=O)(=O)Nc2cccnn2)c1. The summed E-state index contributed by atoms with van der Waals surface area (Å²) >= 11 is 0. The van der Waals surface area contributed by atoms with Gasteiger partial charge in [0, 0.05) is 12.7 Å². The van der Waals surface area contributed by atoms with Gasteiger partial charge in [0.1, 0.15) is 0 Å². The van der Waals surface area contributed by atoms with Crippen LogP contribution in [0.1, 0.15) is 11.1 Å². The first kappa shape index (κ1) is 13.4. The lowest BCUT2D eigenvalue weighted by Gasteiger charge is -2.07. The smallest absolute Gasteiger partial charge is 0.238 e. The molecule has 0 aliphatic heterocycles. The number of rotatable bonds is 5. The summed E-state index contributed by atoms with van der Waals surface area (Å²) in [4.78, 5) is 0. The first-order chi connectivity index (χ1) is 9.09. The average Bonchev–Trinajstić information content (AvgIpc) is 2.39. The van der Waals surface area contributed by atoms with Gasteiger partial charge in [-0.2, -0.15) is 5.10 Å². The highest BCUT2D eigenvalue weighted by molar-refractivity contribution is 7.91. The number of sulfonamides is 1. The molecule has 0 saturated heterocycles. The minimum absolute atomic E-state index is 0.128. The molecule has 0 aliphatic carbocycles. The molecule has 3 N–H and O–H groups in total. The third-order valence-corrected chi connectivity index (χ3v) is 3.65. The first-order valence-corrected chi connectivity index (χ1v) is 7.30. The second-order valence-corrected chi connectivity index (χ2v) is 5.72. The van der Waals surface area contributed by atoms with Crippen molar-refractivity contribution in [2.45, 2.75) is 12.3 Å². The maximum absolute atomic E-state index is 12.0. The van der Waals surface area contributed by atoms with E-state index in [4.69, 9.17) is 5.73 Å². The van der Waals surface area contributed by atoms with E-state index < -0.39 is 10.0 Å². The molecule has 0 bridgehead atoms. The molecule has 0 unspecified atom stereocenters. The van der Waals surface area contributed by atoms with Gasteiger partial charge in [-0.15, -0.1) is 5.10 Å².